The molecule has 2 aromatic carbocycles. The number of fused-ring (bicyclic) bond motifs is 2. The molecule has 0 saturated heterocycles. The molecule has 2 heterocycles. The van der Waals surface area contributed by atoms with E-state index in [0.29, 0.717) is 13.0 Å². The predicted octanol–water partition coefficient (Wildman–Crippen LogP) is 3.82. The van der Waals surface area contributed by atoms with E-state index in [-0.39, 0.29) is 5.91 Å². The lowest BCUT2D eigenvalue weighted by atomic mass is 10.1. The molecule has 4 aromatic rings. The van der Waals surface area contributed by atoms with Crippen LogP contribution in [0.15, 0.2) is 54.7 Å². The second-order valence-corrected chi connectivity index (χ2v) is 6.42. The summed E-state index contributed by atoms with van der Waals surface area (Å²) >= 11 is 0. The predicted molar refractivity (Wildman–Crippen MR) is 102 cm³/mol. The van der Waals surface area contributed by atoms with Crippen LogP contribution in [0.2, 0.25) is 0 Å². The van der Waals surface area contributed by atoms with Crippen molar-refractivity contribution in [2.24, 2.45) is 5.73 Å². The Morgan fingerprint density at radius 3 is 2.84 bits per heavy atom. The number of carbonyl (C=O) groups is 1. The Morgan fingerprint density at radius 2 is 2.00 bits per heavy atom. The summed E-state index contributed by atoms with van der Waals surface area (Å²) in [4.78, 5) is 16.3. The van der Waals surface area contributed by atoms with Crippen LogP contribution < -0.4 is 5.73 Å². The molecule has 4 rings (SSSR count). The third-order valence-corrected chi connectivity index (χ3v) is 4.86. The van der Waals surface area contributed by atoms with Crippen molar-refractivity contribution >= 4 is 27.7 Å². The van der Waals surface area contributed by atoms with Gasteiger partial charge in [0.15, 0.2) is 0 Å². The van der Waals surface area contributed by atoms with Gasteiger partial charge in [-0.2, -0.15) is 0 Å². The number of nitrogens with one attached hydrogen (secondary N) is 1. The van der Waals surface area contributed by atoms with Crippen molar-refractivity contribution in [1.82, 2.24) is 9.55 Å². The third-order valence-electron chi connectivity index (χ3n) is 4.86. The number of aromatic amines is 1. The zero-order valence-corrected chi connectivity index (χ0v) is 14.3. The maximum absolute atomic E-state index is 13.1. The van der Waals surface area contributed by atoms with Gasteiger partial charge in [0.2, 0.25) is 5.91 Å². The molecule has 4 heteroatoms. The lowest BCUT2D eigenvalue weighted by Gasteiger charge is -2.08. The number of nitrogens with two attached hydrogens (primary N) is 1. The molecule has 0 spiro atoms. The molecule has 4 nitrogen and oxygen atoms in total. The maximum Gasteiger partial charge on any atom is 0.235 e. The van der Waals surface area contributed by atoms with Crippen molar-refractivity contribution in [3.05, 3.63) is 71.5 Å². The fraction of sp³-hybridized carbons (Fsp3) is 0.190. The van der Waals surface area contributed by atoms with Crippen molar-refractivity contribution in [1.29, 1.82) is 0 Å². The van der Waals surface area contributed by atoms with Crippen molar-refractivity contribution in [3.63, 3.8) is 0 Å². The first-order chi connectivity index (χ1) is 12.2. The molecule has 126 valence electrons. The largest absolute Gasteiger partial charge is 0.361 e. The summed E-state index contributed by atoms with van der Waals surface area (Å²) < 4.78 is 1.85. The standard InChI is InChI=1S/C21H21N3O/c1-14-17(8-10-22)18-4-2-3-5-20(18)24(14)21(25)13-15-6-7-16-9-11-23-19(16)12-15/h2-7,9,11-12,23H,8,10,13,22H2,1H3. The van der Waals surface area contributed by atoms with Crippen molar-refractivity contribution in [2.45, 2.75) is 19.8 Å². The van der Waals surface area contributed by atoms with Gasteiger partial charge in [0.25, 0.3) is 0 Å². The Bertz CT molecular complexity index is 1070. The molecule has 0 unspecified atom stereocenters. The highest BCUT2D eigenvalue weighted by molar-refractivity contribution is 5.97. The van der Waals surface area contributed by atoms with Gasteiger partial charge in [-0.25, -0.2) is 0 Å². The number of nitrogens with zero attached hydrogens (tertiary/aromatic N) is 1. The zero-order chi connectivity index (χ0) is 17.4. The normalized spacial score (nSPS) is 11.4. The molecule has 0 aliphatic heterocycles. The number of hydrogen-bond donors (Lipinski definition) is 2. The average molecular weight is 331 g/mol. The first-order valence-electron chi connectivity index (χ1n) is 8.57. The van der Waals surface area contributed by atoms with Gasteiger partial charge in [0.1, 0.15) is 0 Å². The number of benzene rings is 2. The van der Waals surface area contributed by atoms with E-state index in [9.17, 15) is 4.79 Å². The number of aromatic nitrogens is 2. The van der Waals surface area contributed by atoms with Gasteiger partial charge in [-0.05, 0) is 54.6 Å². The SMILES string of the molecule is Cc1c(CCN)c2ccccc2n1C(=O)Cc1ccc2cc[nH]c2c1. The van der Waals surface area contributed by atoms with Crippen molar-refractivity contribution in [3.8, 4) is 0 Å². The van der Waals surface area contributed by atoms with Crippen molar-refractivity contribution in [2.75, 3.05) is 6.54 Å². The van der Waals surface area contributed by atoms with Crippen LogP contribution in [0.1, 0.15) is 21.6 Å². The fourth-order valence-electron chi connectivity index (χ4n) is 3.67. The molecule has 0 amide bonds. The number of hydrogen-bond acceptors (Lipinski definition) is 2. The first-order valence-corrected chi connectivity index (χ1v) is 8.57. The Balaban J connectivity index is 1.75. The molecular formula is C21H21N3O. The third kappa shape index (κ3) is 2.65. The van der Waals surface area contributed by atoms with Gasteiger partial charge >= 0.3 is 0 Å². The smallest absolute Gasteiger partial charge is 0.235 e. The summed E-state index contributed by atoms with van der Waals surface area (Å²) in [6, 6.07) is 16.2. The van der Waals surface area contributed by atoms with Crippen LogP contribution in [0.5, 0.6) is 0 Å². The van der Waals surface area contributed by atoms with Crippen LogP contribution in [0, 0.1) is 6.92 Å². The van der Waals surface area contributed by atoms with E-state index in [4.69, 9.17) is 5.73 Å². The van der Waals surface area contributed by atoms with Crippen LogP contribution in [0.4, 0.5) is 0 Å². The molecule has 0 radical (unpaired) electrons. The molecule has 25 heavy (non-hydrogen) atoms. The maximum atomic E-state index is 13.1. The van der Waals surface area contributed by atoms with Gasteiger partial charge < -0.3 is 10.7 Å². The summed E-state index contributed by atoms with van der Waals surface area (Å²) in [5.41, 5.74) is 11.0. The van der Waals surface area contributed by atoms with E-state index >= 15 is 0 Å². The zero-order valence-electron chi connectivity index (χ0n) is 14.3. The minimum absolute atomic E-state index is 0.0860. The molecule has 0 bridgehead atoms. The van der Waals surface area contributed by atoms with E-state index in [1.807, 2.05) is 48.0 Å². The average Bonchev–Trinajstić information content (AvgIpc) is 3.18. The topological polar surface area (TPSA) is 63.8 Å². The summed E-state index contributed by atoms with van der Waals surface area (Å²) in [6.07, 6.45) is 3.07. The molecule has 2 aromatic heterocycles. The molecule has 0 atom stereocenters. The van der Waals surface area contributed by atoms with E-state index in [1.165, 1.54) is 5.56 Å². The first kappa shape index (κ1) is 15.7. The van der Waals surface area contributed by atoms with Crippen molar-refractivity contribution < 1.29 is 4.79 Å². The monoisotopic (exact) mass is 331 g/mol. The Morgan fingerprint density at radius 1 is 1.16 bits per heavy atom. The number of carbonyl (C=O) groups excluding carboxylic acids is 1. The van der Waals surface area contributed by atoms with Crippen LogP contribution in [-0.4, -0.2) is 22.0 Å². The molecule has 0 aliphatic rings. The highest BCUT2D eigenvalue weighted by Crippen LogP contribution is 2.26. The van der Waals surface area contributed by atoms with Crippen LogP contribution in [0.3, 0.4) is 0 Å². The highest BCUT2D eigenvalue weighted by atomic mass is 16.2. The summed E-state index contributed by atoms with van der Waals surface area (Å²) in [5.74, 6) is 0.0860. The van der Waals surface area contributed by atoms with Crippen LogP contribution >= 0.6 is 0 Å². The number of para-hydroxylation sites is 1. The van der Waals surface area contributed by atoms with E-state index in [0.717, 1.165) is 39.5 Å². The highest BCUT2D eigenvalue weighted by Gasteiger charge is 2.18. The van der Waals surface area contributed by atoms with E-state index in [2.05, 4.69) is 23.2 Å². The number of rotatable bonds is 4. The van der Waals surface area contributed by atoms with Gasteiger partial charge in [-0.1, -0.05) is 30.3 Å². The van der Waals surface area contributed by atoms with E-state index in [1.54, 1.807) is 0 Å². The van der Waals surface area contributed by atoms with Crippen LogP contribution in [0.25, 0.3) is 21.8 Å². The molecule has 0 saturated carbocycles. The Hall–Kier alpha value is -2.85. The quantitative estimate of drug-likeness (QED) is 0.597. The molecule has 0 aliphatic carbocycles. The fourth-order valence-corrected chi connectivity index (χ4v) is 3.67. The Kier molecular flexibility index (Phi) is 3.90. The van der Waals surface area contributed by atoms with Gasteiger partial charge in [0, 0.05) is 22.8 Å². The molecule has 3 N–H and O–H groups in total. The second kappa shape index (κ2) is 6.22. The summed E-state index contributed by atoms with van der Waals surface area (Å²) in [5, 5.41) is 2.28. The second-order valence-electron chi connectivity index (χ2n) is 6.42. The van der Waals surface area contributed by atoms with Crippen LogP contribution in [-0.2, 0) is 12.8 Å². The summed E-state index contributed by atoms with van der Waals surface area (Å²) in [7, 11) is 0. The van der Waals surface area contributed by atoms with E-state index < -0.39 is 0 Å². The molecule has 0 fully saturated rings. The molecular weight excluding hydrogens is 310 g/mol. The minimum Gasteiger partial charge on any atom is -0.361 e. The lowest BCUT2D eigenvalue weighted by Crippen LogP contribution is -2.15. The lowest BCUT2D eigenvalue weighted by molar-refractivity contribution is 0.0917. The van der Waals surface area contributed by atoms with Gasteiger partial charge in [-0.15, -0.1) is 0 Å². The Labute approximate surface area is 146 Å². The van der Waals surface area contributed by atoms with Gasteiger partial charge in [0.05, 0.1) is 11.9 Å². The minimum atomic E-state index is 0.0860. The summed E-state index contributed by atoms with van der Waals surface area (Å²) in [6.45, 7) is 2.59. The number of H-pyrrole nitrogens is 1. The van der Waals surface area contributed by atoms with Gasteiger partial charge in [-0.3, -0.25) is 9.36 Å².